The van der Waals surface area contributed by atoms with Gasteiger partial charge in [0.05, 0.1) is 0 Å². The number of halogens is 2. The van der Waals surface area contributed by atoms with Crippen LogP contribution in [0.2, 0.25) is 0 Å². The summed E-state index contributed by atoms with van der Waals surface area (Å²) in [6.45, 7) is 4.30. The molecule has 4 saturated carbocycles. The van der Waals surface area contributed by atoms with Gasteiger partial charge >= 0.3 is 52.4 Å². The molecule has 412 valence electrons. The molecule has 4 aliphatic rings. The van der Waals surface area contributed by atoms with E-state index in [2.05, 4.69) is 208 Å². The molecular weight excluding hydrogens is 1200 g/mol. The van der Waals surface area contributed by atoms with E-state index in [-0.39, 0.29) is 93.1 Å². The van der Waals surface area contributed by atoms with Gasteiger partial charge in [0.15, 0.2) is 0 Å². The van der Waals surface area contributed by atoms with Crippen LogP contribution in [0.15, 0.2) is 194 Å². The Labute approximate surface area is 534 Å². The Balaban J connectivity index is 0.000000153. The van der Waals surface area contributed by atoms with Gasteiger partial charge in [0.25, 0.3) is 0 Å². The first-order valence-electron chi connectivity index (χ1n) is 29.8. The molecule has 4 fully saturated rings. The molecule has 0 unspecified atom stereocenters. The van der Waals surface area contributed by atoms with Gasteiger partial charge in [-0.25, -0.2) is 0 Å². The Morgan fingerprint density at radius 3 is 0.938 bits per heavy atom. The number of rotatable bonds is 8. The molecule has 80 heavy (non-hydrogen) atoms. The number of aryl methyl sites for hydroxylation is 2. The largest absolute Gasteiger partial charge is 2.00 e. The van der Waals surface area contributed by atoms with Crippen molar-refractivity contribution in [3.8, 4) is 22.3 Å². The number of hydrogen-bond acceptors (Lipinski definition) is 0. The van der Waals surface area contributed by atoms with Gasteiger partial charge in [0.1, 0.15) is 0 Å². The van der Waals surface area contributed by atoms with Crippen LogP contribution >= 0.6 is 15.8 Å². The van der Waals surface area contributed by atoms with Crippen molar-refractivity contribution in [2.24, 2.45) is 0 Å². The van der Waals surface area contributed by atoms with Crippen LogP contribution < -0.4 is 35.4 Å². The monoisotopic (exact) mass is 1280 g/mol. The summed E-state index contributed by atoms with van der Waals surface area (Å²) < 4.78 is 0. The summed E-state index contributed by atoms with van der Waals surface area (Å²) in [5.74, 6) is 0. The molecule has 0 amide bonds. The van der Waals surface area contributed by atoms with Gasteiger partial charge in [-0.3, -0.25) is 0 Å². The van der Waals surface area contributed by atoms with Crippen LogP contribution in [-0.4, -0.2) is 22.6 Å². The third-order valence-electron chi connectivity index (χ3n) is 17.6. The summed E-state index contributed by atoms with van der Waals surface area (Å²) in [6.07, 6.45) is 29.8. The second kappa shape index (κ2) is 32.3. The first-order chi connectivity index (χ1) is 37.5. The van der Waals surface area contributed by atoms with E-state index in [1.54, 1.807) is 10.6 Å². The van der Waals surface area contributed by atoms with Crippen molar-refractivity contribution in [2.75, 3.05) is 0 Å². The first-order valence-corrected chi connectivity index (χ1v) is 32.8. The zero-order valence-corrected chi connectivity index (χ0v) is 55.8. The molecule has 0 bridgehead atoms. The molecule has 0 saturated heterocycles. The van der Waals surface area contributed by atoms with Gasteiger partial charge in [-0.05, 0) is 85.1 Å². The average molecular weight is 1290 g/mol. The molecular formula is C74H82Cl2P2Zr2-2. The van der Waals surface area contributed by atoms with E-state index >= 15 is 0 Å². The molecule has 6 heteroatoms. The zero-order valence-electron chi connectivity index (χ0n) is 47.6. The predicted octanol–water partition coefficient (Wildman–Crippen LogP) is 15.7. The molecule has 14 rings (SSSR count). The number of fused-ring (bicyclic) bond motifs is 4. The minimum absolute atomic E-state index is 0. The number of hydrogen-bond donors (Lipinski definition) is 0. The van der Waals surface area contributed by atoms with E-state index in [1.807, 2.05) is 0 Å². The Hall–Kier alpha value is -3.03. The van der Waals surface area contributed by atoms with E-state index in [9.17, 15) is 0 Å². The van der Waals surface area contributed by atoms with Crippen molar-refractivity contribution < 1.29 is 77.2 Å². The van der Waals surface area contributed by atoms with Crippen molar-refractivity contribution in [2.45, 2.75) is 165 Å². The molecule has 0 spiro atoms. The molecule has 10 aromatic carbocycles. The zero-order chi connectivity index (χ0) is 51.5. The van der Waals surface area contributed by atoms with Crippen LogP contribution in [0.3, 0.4) is 0 Å². The van der Waals surface area contributed by atoms with Gasteiger partial charge < -0.3 is 24.8 Å². The summed E-state index contributed by atoms with van der Waals surface area (Å²) >= 11 is 0. The van der Waals surface area contributed by atoms with Gasteiger partial charge in [0, 0.05) is 0 Å². The third kappa shape index (κ3) is 16.2. The Kier molecular flexibility index (Phi) is 26.1. The standard InChI is InChI=1S/2C21H28P.2C16H13.2ClH.2Zr/c2*1-3-11-19(12-4-1)22(20-13-5-2-6-14-20)21-15-17-9-7-8-10-18(17)16-21;2*1-12-10-14-8-5-9-15(16(14)11-12)13-6-3-2-4-7-13;;;;/h2*7-10,15-16,19-20H,1-6,11-14H2;2*2-11H,1H3;2*1H;;/q4*-1;;;2*+2/p-2. The minimum atomic E-state index is 0. The summed E-state index contributed by atoms with van der Waals surface area (Å²) in [4.78, 5) is 0. The second-order valence-corrected chi connectivity index (χ2v) is 28.7. The molecule has 0 heterocycles. The van der Waals surface area contributed by atoms with Crippen LogP contribution in [0.4, 0.5) is 0 Å². The fourth-order valence-electron chi connectivity index (χ4n) is 14.0. The Bertz CT molecular complexity index is 3030. The van der Waals surface area contributed by atoms with Crippen LogP contribution in [0.5, 0.6) is 0 Å². The van der Waals surface area contributed by atoms with Gasteiger partial charge in [0.2, 0.25) is 0 Å². The summed E-state index contributed by atoms with van der Waals surface area (Å²) in [5.41, 5.74) is 12.0. The normalized spacial score (nSPS) is 16.2. The van der Waals surface area contributed by atoms with Crippen LogP contribution in [0.1, 0.15) is 140 Å². The molecule has 0 aliphatic heterocycles. The number of benzene rings is 6. The third-order valence-corrected chi connectivity index (χ3v) is 24.6. The molecule has 4 aliphatic carbocycles. The quantitative estimate of drug-likeness (QED) is 0.105. The maximum atomic E-state index is 2.55. The topological polar surface area (TPSA) is 0 Å². The Morgan fingerprint density at radius 1 is 0.312 bits per heavy atom. The molecule has 0 atom stereocenters. The Morgan fingerprint density at radius 2 is 0.613 bits per heavy atom. The van der Waals surface area contributed by atoms with E-state index < -0.39 is 0 Å². The summed E-state index contributed by atoms with van der Waals surface area (Å²) in [5, 5.41) is 14.7. The van der Waals surface area contributed by atoms with E-state index in [4.69, 9.17) is 0 Å². The average Bonchev–Trinajstić information content (AvgIpc) is 4.30. The molecule has 10 aromatic rings. The summed E-state index contributed by atoms with van der Waals surface area (Å²) in [7, 11) is 0.122. The van der Waals surface area contributed by atoms with Crippen molar-refractivity contribution in [1.29, 1.82) is 0 Å². The van der Waals surface area contributed by atoms with Gasteiger partial charge in [-0.1, -0.05) is 203 Å². The van der Waals surface area contributed by atoms with E-state index in [0.717, 1.165) is 22.6 Å². The maximum absolute atomic E-state index is 2.55. The minimum Gasteiger partial charge on any atom is -1.00 e. The van der Waals surface area contributed by atoms with Crippen LogP contribution in [0.25, 0.3) is 65.3 Å². The van der Waals surface area contributed by atoms with E-state index in [0.29, 0.717) is 0 Å². The van der Waals surface area contributed by atoms with Crippen molar-refractivity contribution in [1.82, 2.24) is 0 Å². The first kappa shape index (κ1) is 64.5. The van der Waals surface area contributed by atoms with E-state index in [1.165, 1.54) is 205 Å². The molecule has 0 aromatic heterocycles. The smallest absolute Gasteiger partial charge is 1.00 e. The van der Waals surface area contributed by atoms with Gasteiger partial charge in [-0.2, -0.15) is 24.3 Å². The van der Waals surface area contributed by atoms with Crippen LogP contribution in [0, 0.1) is 13.8 Å². The van der Waals surface area contributed by atoms with Gasteiger partial charge in [-0.15, -0.1) is 150 Å². The molecule has 0 nitrogen and oxygen atoms in total. The van der Waals surface area contributed by atoms with Crippen molar-refractivity contribution >= 4 is 69.5 Å². The van der Waals surface area contributed by atoms with Crippen LogP contribution in [-0.2, 0) is 52.4 Å². The molecule has 0 radical (unpaired) electrons. The summed E-state index contributed by atoms with van der Waals surface area (Å²) in [6, 6.07) is 71.2. The fraction of sp³-hybridized carbons (Fsp3) is 0.351. The van der Waals surface area contributed by atoms with Crippen molar-refractivity contribution in [3.05, 3.63) is 205 Å². The molecule has 0 N–H and O–H groups in total. The fourth-order valence-corrected chi connectivity index (χ4v) is 21.7. The SMILES string of the molecule is Cc1cc2c(-c3ccccc3)cccc2[cH-]1.Cc1cc2c(-c3ccccc3)cccc2[cH-]1.[Cl-].[Cl-].[Zr+2].[Zr+2].c1ccc2[cH-]c(P(C3CCCCC3)C3CCCCC3)cc2c1.c1ccc2[cH-]c(P(C3CCCCC3)C3CCCCC3)cc2c1. The van der Waals surface area contributed by atoms with Crippen molar-refractivity contribution in [3.63, 3.8) is 0 Å². The maximum Gasteiger partial charge on any atom is 2.00 e. The predicted molar refractivity (Wildman–Crippen MR) is 339 cm³/mol. The second-order valence-electron chi connectivity index (χ2n) is 23.1.